The highest BCUT2D eigenvalue weighted by Gasteiger charge is 2.60. The van der Waals surface area contributed by atoms with Crippen LogP contribution in [0.5, 0.6) is 0 Å². The van der Waals surface area contributed by atoms with Gasteiger partial charge in [0.15, 0.2) is 5.66 Å². The van der Waals surface area contributed by atoms with Crippen LogP contribution in [0.1, 0.15) is 20.3 Å². The number of aliphatic carboxylic acids is 3. The Hall–Kier alpha value is -1.44. The smallest absolute Gasteiger partial charge is 0.340 e. The average molecular weight is 298 g/mol. The van der Waals surface area contributed by atoms with Gasteiger partial charge in [0, 0.05) is 0 Å². The van der Waals surface area contributed by atoms with Crippen LogP contribution in [0, 0.1) is 11.3 Å². The first kappa shape index (κ1) is 17.6. The van der Waals surface area contributed by atoms with Gasteiger partial charge in [-0.15, -0.1) is 0 Å². The molecule has 0 bridgehead atoms. The Morgan fingerprint density at radius 3 is 1.68 bits per heavy atom. The third-order valence-electron chi connectivity index (χ3n) is 3.03. The van der Waals surface area contributed by atoms with Gasteiger partial charge in [0.1, 0.15) is 5.41 Å². The van der Waals surface area contributed by atoms with E-state index in [0.717, 1.165) is 6.92 Å². The summed E-state index contributed by atoms with van der Waals surface area (Å²) in [5, 5.41) is 26.9. The molecule has 0 aromatic carbocycles. The Bertz CT molecular complexity index is 439. The van der Waals surface area contributed by atoms with Gasteiger partial charge in [-0.25, -0.2) is 0 Å². The van der Waals surface area contributed by atoms with Gasteiger partial charge in [0.25, 0.3) is 0 Å². The second-order valence-corrected chi connectivity index (χ2v) is 5.91. The molecule has 0 amide bonds. The molecule has 0 radical (unpaired) electrons. The number of carboxylic acids is 3. The molecule has 9 nitrogen and oxygen atoms in total. The molecule has 0 saturated heterocycles. The van der Waals surface area contributed by atoms with Crippen molar-refractivity contribution in [3.8, 4) is 0 Å². The van der Waals surface area contributed by atoms with Gasteiger partial charge in [-0.1, -0.05) is 6.92 Å². The molecule has 3 atom stereocenters. The second-order valence-electron chi connectivity index (χ2n) is 4.22. The van der Waals surface area contributed by atoms with Crippen molar-refractivity contribution in [3.63, 3.8) is 0 Å². The quantitative estimate of drug-likeness (QED) is 0.400. The topological polar surface area (TPSA) is 169 Å². The molecule has 0 aliphatic carbocycles. The first-order valence-corrected chi connectivity index (χ1v) is 6.83. The number of hydrogen-bond donors (Lipinski definition) is 5. The summed E-state index contributed by atoms with van der Waals surface area (Å²) in [6.45, 7) is 2.01. The number of carbonyl (C=O) groups is 3. The molecule has 0 aliphatic rings. The summed E-state index contributed by atoms with van der Waals surface area (Å²) in [5.41, 5.74) is -5.27. The summed E-state index contributed by atoms with van der Waals surface area (Å²) >= 11 is 0. The number of rotatable bonds is 7. The van der Waals surface area contributed by atoms with Crippen molar-refractivity contribution < 1.29 is 44.1 Å². The molecule has 3 unspecified atom stereocenters. The van der Waals surface area contributed by atoms with Crippen molar-refractivity contribution >= 4 is 25.5 Å². The van der Waals surface area contributed by atoms with E-state index in [2.05, 4.69) is 0 Å². The summed E-state index contributed by atoms with van der Waals surface area (Å²) in [7, 11) is -5.36. The summed E-state index contributed by atoms with van der Waals surface area (Å²) in [5.74, 6) is -7.33. The highest BCUT2D eigenvalue weighted by atomic mass is 31.2. The van der Waals surface area contributed by atoms with Gasteiger partial charge in [-0.2, -0.15) is 0 Å². The lowest BCUT2D eigenvalue weighted by molar-refractivity contribution is -0.165. The molecule has 0 fully saturated rings. The third kappa shape index (κ3) is 3.31. The fraction of sp³-hybridized carbons (Fsp3) is 0.667. The Balaban J connectivity index is 6.15. The average Bonchev–Trinajstić information content (AvgIpc) is 2.13. The van der Waals surface area contributed by atoms with E-state index >= 15 is 0 Å². The van der Waals surface area contributed by atoms with Gasteiger partial charge in [-0.05, 0) is 13.3 Å². The van der Waals surface area contributed by atoms with Crippen LogP contribution in [-0.4, -0.2) is 48.7 Å². The van der Waals surface area contributed by atoms with Gasteiger partial charge in [0.2, 0.25) is 0 Å². The maximum atomic E-state index is 11.2. The van der Waals surface area contributed by atoms with E-state index in [1.54, 1.807) is 0 Å². The predicted octanol–water partition coefficient (Wildman–Crippen LogP) is -0.181. The molecule has 0 aliphatic heterocycles. The molecule has 0 aromatic rings. The van der Waals surface area contributed by atoms with Crippen molar-refractivity contribution in [3.05, 3.63) is 0 Å². The van der Waals surface area contributed by atoms with Crippen molar-refractivity contribution in [2.75, 3.05) is 0 Å². The van der Waals surface area contributed by atoms with E-state index in [1.165, 1.54) is 6.92 Å². The fourth-order valence-corrected chi connectivity index (χ4v) is 3.34. The molecular formula is C9H15O9P. The Morgan fingerprint density at radius 2 is 1.53 bits per heavy atom. The van der Waals surface area contributed by atoms with Crippen molar-refractivity contribution in [1.29, 1.82) is 0 Å². The SMILES string of the molecule is CCC(C(=O)O)C(C)(C(=O)O)C(C(=O)O)P(=O)(O)O. The van der Waals surface area contributed by atoms with Crippen LogP contribution in [-0.2, 0) is 18.9 Å². The van der Waals surface area contributed by atoms with Gasteiger partial charge < -0.3 is 25.1 Å². The zero-order chi connectivity index (χ0) is 15.6. The van der Waals surface area contributed by atoms with Crippen molar-refractivity contribution in [1.82, 2.24) is 0 Å². The predicted molar refractivity (Wildman–Crippen MR) is 60.6 cm³/mol. The molecule has 110 valence electrons. The van der Waals surface area contributed by atoms with E-state index in [0.29, 0.717) is 0 Å². The van der Waals surface area contributed by atoms with Gasteiger partial charge in [-0.3, -0.25) is 18.9 Å². The Kier molecular flexibility index (Phi) is 5.25. The molecule has 0 aromatic heterocycles. The Morgan fingerprint density at radius 1 is 1.11 bits per heavy atom. The van der Waals surface area contributed by atoms with Crippen LogP contribution in [0.3, 0.4) is 0 Å². The first-order chi connectivity index (χ1) is 8.40. The minimum atomic E-state index is -5.36. The zero-order valence-electron chi connectivity index (χ0n) is 10.2. The summed E-state index contributed by atoms with van der Waals surface area (Å²) in [6.07, 6.45) is -0.290. The van der Waals surface area contributed by atoms with Crippen LogP contribution in [0.4, 0.5) is 0 Å². The first-order valence-electron chi connectivity index (χ1n) is 5.14. The molecule has 10 heteroatoms. The third-order valence-corrected chi connectivity index (χ3v) is 4.46. The molecule has 0 heterocycles. The summed E-state index contributed by atoms with van der Waals surface area (Å²) in [4.78, 5) is 51.3. The van der Waals surface area contributed by atoms with Crippen molar-refractivity contribution in [2.24, 2.45) is 11.3 Å². The minimum absolute atomic E-state index is 0.290. The second kappa shape index (κ2) is 5.68. The van der Waals surface area contributed by atoms with Crippen LogP contribution in [0.25, 0.3) is 0 Å². The Labute approximate surface area is 108 Å². The normalized spacial score (nSPS) is 18.1. The van der Waals surface area contributed by atoms with E-state index < -0.39 is 42.5 Å². The molecule has 0 saturated carbocycles. The van der Waals surface area contributed by atoms with E-state index in [-0.39, 0.29) is 6.42 Å². The van der Waals surface area contributed by atoms with Crippen LogP contribution >= 0.6 is 7.60 Å². The van der Waals surface area contributed by atoms with Crippen LogP contribution < -0.4 is 0 Å². The highest BCUT2D eigenvalue weighted by molar-refractivity contribution is 7.53. The number of hydrogen-bond acceptors (Lipinski definition) is 4. The summed E-state index contributed by atoms with van der Waals surface area (Å²) < 4.78 is 11.2. The lowest BCUT2D eigenvalue weighted by atomic mass is 9.72. The van der Waals surface area contributed by atoms with Crippen LogP contribution in [0.2, 0.25) is 0 Å². The fourth-order valence-electron chi connectivity index (χ4n) is 2.06. The molecule has 19 heavy (non-hydrogen) atoms. The zero-order valence-corrected chi connectivity index (χ0v) is 11.1. The number of carboxylic acid groups (broad SMARTS) is 3. The van der Waals surface area contributed by atoms with E-state index in [1.807, 2.05) is 0 Å². The summed E-state index contributed by atoms with van der Waals surface area (Å²) in [6, 6.07) is 0. The van der Waals surface area contributed by atoms with Crippen molar-refractivity contribution in [2.45, 2.75) is 25.9 Å². The lowest BCUT2D eigenvalue weighted by Gasteiger charge is -2.35. The largest absolute Gasteiger partial charge is 0.481 e. The molecular weight excluding hydrogens is 283 g/mol. The van der Waals surface area contributed by atoms with Gasteiger partial charge in [0.05, 0.1) is 5.92 Å². The maximum absolute atomic E-state index is 11.2. The standard InChI is InChI=1S/C9H15O9P/c1-3-4(6(10)11)9(2,8(14)15)5(7(12)13)19(16,17)18/h4-5H,3H2,1-2H3,(H,10,11)(H,12,13)(H,14,15)(H2,16,17,18). The molecule has 5 N–H and O–H groups in total. The van der Waals surface area contributed by atoms with E-state index in [9.17, 15) is 18.9 Å². The maximum Gasteiger partial charge on any atom is 0.340 e. The minimum Gasteiger partial charge on any atom is -0.481 e. The molecule has 0 spiro atoms. The lowest BCUT2D eigenvalue weighted by Crippen LogP contribution is -2.51. The van der Waals surface area contributed by atoms with Gasteiger partial charge >= 0.3 is 25.5 Å². The molecule has 0 rings (SSSR count). The van der Waals surface area contributed by atoms with Crippen LogP contribution in [0.15, 0.2) is 0 Å². The highest BCUT2D eigenvalue weighted by Crippen LogP contribution is 2.53. The van der Waals surface area contributed by atoms with E-state index in [4.69, 9.17) is 25.1 Å². The monoisotopic (exact) mass is 298 g/mol.